The lowest BCUT2D eigenvalue weighted by atomic mass is 10.1. The molecule has 4 nitrogen and oxygen atoms in total. The van der Waals surface area contributed by atoms with Crippen LogP contribution in [0.15, 0.2) is 39.7 Å². The summed E-state index contributed by atoms with van der Waals surface area (Å²) in [5.41, 5.74) is 0.120. The Morgan fingerprint density at radius 3 is 2.45 bits per heavy atom. The van der Waals surface area contributed by atoms with Gasteiger partial charge in [-0.15, -0.1) is 0 Å². The molecule has 1 aliphatic rings. The zero-order chi connectivity index (χ0) is 16.1. The van der Waals surface area contributed by atoms with E-state index in [1.165, 1.54) is 12.1 Å². The first-order valence-electron chi connectivity index (χ1n) is 6.04. The van der Waals surface area contributed by atoms with Crippen molar-refractivity contribution < 1.29 is 22.5 Å². The Bertz CT molecular complexity index is 892. The van der Waals surface area contributed by atoms with Gasteiger partial charge in [0.1, 0.15) is 23.1 Å². The van der Waals surface area contributed by atoms with Crippen molar-refractivity contribution in [1.82, 2.24) is 0 Å². The Hall–Kier alpha value is -1.80. The standard InChI is InChI=1S/C14H8BrF2NO3S/c15-14-11(21-9-4-7(16)3-8(17)5-9)1-2-12-13(14)10(19)6-22(12,18)20/h1-5,18H,6H2. The molecule has 0 radical (unpaired) electrons. The highest BCUT2D eigenvalue weighted by Crippen LogP contribution is 2.40. The van der Waals surface area contributed by atoms with Crippen LogP contribution in [-0.2, 0) is 9.73 Å². The van der Waals surface area contributed by atoms with Gasteiger partial charge in [-0.05, 0) is 28.1 Å². The molecule has 2 aromatic carbocycles. The number of ether oxygens (including phenoxy) is 1. The topological polar surface area (TPSA) is 67.2 Å². The summed E-state index contributed by atoms with van der Waals surface area (Å²) in [5, 5.41) is 0. The van der Waals surface area contributed by atoms with E-state index in [1.54, 1.807) is 0 Å². The maximum atomic E-state index is 13.2. The molecule has 8 heteroatoms. The molecule has 0 saturated carbocycles. The number of hydrogen-bond donors (Lipinski definition) is 1. The summed E-state index contributed by atoms with van der Waals surface area (Å²) < 4.78 is 51.6. The number of Topliss-reactive ketones (excluding diaryl/α,β-unsaturated/α-hetero) is 1. The summed E-state index contributed by atoms with van der Waals surface area (Å²) in [6, 6.07) is 5.48. The lowest BCUT2D eigenvalue weighted by molar-refractivity contribution is 0.102. The molecule has 1 heterocycles. The van der Waals surface area contributed by atoms with Crippen LogP contribution in [-0.4, -0.2) is 15.7 Å². The number of benzene rings is 2. The van der Waals surface area contributed by atoms with Crippen LogP contribution in [0.4, 0.5) is 8.78 Å². The number of rotatable bonds is 2. The van der Waals surface area contributed by atoms with Gasteiger partial charge in [0.15, 0.2) is 5.78 Å². The molecule has 3 rings (SSSR count). The monoisotopic (exact) mass is 387 g/mol. The van der Waals surface area contributed by atoms with Crippen LogP contribution >= 0.6 is 15.9 Å². The van der Waals surface area contributed by atoms with E-state index in [9.17, 15) is 17.8 Å². The SMILES string of the molecule is N=S1(=O)CC(=O)c2c1ccc(Oc1cc(F)cc(F)c1)c2Br. The van der Waals surface area contributed by atoms with Crippen molar-refractivity contribution in [2.24, 2.45) is 0 Å². The Morgan fingerprint density at radius 2 is 1.82 bits per heavy atom. The molecule has 1 unspecified atom stereocenters. The van der Waals surface area contributed by atoms with E-state index in [4.69, 9.17) is 9.52 Å². The molecule has 0 aliphatic carbocycles. The van der Waals surface area contributed by atoms with Crippen molar-refractivity contribution in [3.05, 3.63) is 52.0 Å². The predicted octanol–water partition coefficient (Wildman–Crippen LogP) is 4.12. The van der Waals surface area contributed by atoms with Crippen LogP contribution in [0.3, 0.4) is 0 Å². The third-order valence-corrected chi connectivity index (χ3v) is 5.61. The zero-order valence-corrected chi connectivity index (χ0v) is 13.3. The fourth-order valence-electron chi connectivity index (χ4n) is 2.20. The predicted molar refractivity (Wildman–Crippen MR) is 78.9 cm³/mol. The first kappa shape index (κ1) is 15.1. The fraction of sp³-hybridized carbons (Fsp3) is 0.0714. The largest absolute Gasteiger partial charge is 0.456 e. The van der Waals surface area contributed by atoms with E-state index in [-0.39, 0.29) is 32.2 Å². The van der Waals surface area contributed by atoms with Gasteiger partial charge in [0.2, 0.25) is 0 Å². The van der Waals surface area contributed by atoms with Gasteiger partial charge in [0.25, 0.3) is 0 Å². The van der Waals surface area contributed by atoms with Gasteiger partial charge in [-0.2, -0.15) is 0 Å². The quantitative estimate of drug-likeness (QED) is 0.842. The molecule has 2 aromatic rings. The fourth-order valence-corrected chi connectivity index (χ4v) is 4.48. The number of ketones is 1. The average Bonchev–Trinajstić information content (AvgIpc) is 2.62. The van der Waals surface area contributed by atoms with Crippen LogP contribution in [0.5, 0.6) is 11.5 Å². The molecule has 0 amide bonds. The Kier molecular flexibility index (Phi) is 3.53. The second-order valence-corrected chi connectivity index (χ2v) is 7.57. The van der Waals surface area contributed by atoms with Crippen molar-refractivity contribution in [3.8, 4) is 11.5 Å². The zero-order valence-electron chi connectivity index (χ0n) is 10.9. The second kappa shape index (κ2) is 5.13. The van der Waals surface area contributed by atoms with Gasteiger partial charge in [-0.3, -0.25) is 4.79 Å². The molecule has 0 fully saturated rings. The lowest BCUT2D eigenvalue weighted by Gasteiger charge is -2.10. The van der Waals surface area contributed by atoms with E-state index < -0.39 is 27.1 Å². The smallest absolute Gasteiger partial charge is 0.179 e. The minimum Gasteiger partial charge on any atom is -0.456 e. The van der Waals surface area contributed by atoms with Crippen molar-refractivity contribution in [2.45, 2.75) is 4.90 Å². The molecule has 114 valence electrons. The van der Waals surface area contributed by atoms with Crippen LogP contribution in [0.1, 0.15) is 10.4 Å². The third kappa shape index (κ3) is 2.52. The molecular formula is C14H8BrF2NO3S. The highest BCUT2D eigenvalue weighted by molar-refractivity contribution is 9.10. The number of hydrogen-bond acceptors (Lipinski definition) is 4. The Morgan fingerprint density at radius 1 is 1.18 bits per heavy atom. The Balaban J connectivity index is 2.07. The van der Waals surface area contributed by atoms with Crippen LogP contribution in [0.2, 0.25) is 0 Å². The normalized spacial score (nSPS) is 20.0. The van der Waals surface area contributed by atoms with E-state index in [0.717, 1.165) is 12.1 Å². The Labute approximate surface area is 133 Å². The minimum absolute atomic E-state index is 0.0739. The summed E-state index contributed by atoms with van der Waals surface area (Å²) in [6.07, 6.45) is 0. The van der Waals surface area contributed by atoms with Gasteiger partial charge >= 0.3 is 0 Å². The maximum Gasteiger partial charge on any atom is 0.179 e. The minimum atomic E-state index is -3.14. The molecule has 0 bridgehead atoms. The highest BCUT2D eigenvalue weighted by atomic mass is 79.9. The molecule has 1 aliphatic heterocycles. The second-order valence-electron chi connectivity index (χ2n) is 4.70. The summed E-state index contributed by atoms with van der Waals surface area (Å²) in [6.45, 7) is 0. The van der Waals surface area contributed by atoms with Gasteiger partial charge in [-0.25, -0.2) is 17.8 Å². The number of fused-ring (bicyclic) bond motifs is 1. The van der Waals surface area contributed by atoms with Gasteiger partial charge in [0, 0.05) is 18.2 Å². The average molecular weight is 388 g/mol. The number of nitrogens with one attached hydrogen (secondary N) is 1. The third-order valence-electron chi connectivity index (χ3n) is 3.10. The molecule has 1 N–H and O–H groups in total. The lowest BCUT2D eigenvalue weighted by Crippen LogP contribution is -2.02. The van der Waals surface area contributed by atoms with E-state index in [0.29, 0.717) is 6.07 Å². The molecule has 0 spiro atoms. The van der Waals surface area contributed by atoms with Crippen molar-refractivity contribution >= 4 is 31.4 Å². The highest BCUT2D eigenvalue weighted by Gasteiger charge is 2.33. The van der Waals surface area contributed by atoms with Crippen molar-refractivity contribution in [1.29, 1.82) is 4.78 Å². The van der Waals surface area contributed by atoms with Gasteiger partial charge in [0.05, 0.1) is 30.4 Å². The summed E-state index contributed by atoms with van der Waals surface area (Å²) in [7, 11) is -3.14. The first-order valence-corrected chi connectivity index (χ1v) is 8.56. The van der Waals surface area contributed by atoms with E-state index >= 15 is 0 Å². The van der Waals surface area contributed by atoms with Crippen LogP contribution < -0.4 is 4.74 Å². The van der Waals surface area contributed by atoms with Crippen molar-refractivity contribution in [3.63, 3.8) is 0 Å². The molecule has 0 saturated heterocycles. The number of carbonyl (C=O) groups excluding carboxylic acids is 1. The van der Waals surface area contributed by atoms with Crippen LogP contribution in [0.25, 0.3) is 0 Å². The number of carbonyl (C=O) groups is 1. The van der Waals surface area contributed by atoms with E-state index in [2.05, 4.69) is 15.9 Å². The van der Waals surface area contributed by atoms with E-state index in [1.807, 2.05) is 0 Å². The summed E-state index contributed by atoms with van der Waals surface area (Å²) >= 11 is 3.18. The van der Waals surface area contributed by atoms with Gasteiger partial charge in [-0.1, -0.05) is 0 Å². The number of halogens is 3. The van der Waals surface area contributed by atoms with Crippen molar-refractivity contribution in [2.75, 3.05) is 5.75 Å². The molecule has 0 aromatic heterocycles. The first-order chi connectivity index (χ1) is 10.3. The summed E-state index contributed by atoms with van der Waals surface area (Å²) in [4.78, 5) is 12.1. The maximum absolute atomic E-state index is 13.2. The molecule has 1 atom stereocenters. The van der Waals surface area contributed by atoms with Crippen LogP contribution in [0, 0.1) is 16.4 Å². The van der Waals surface area contributed by atoms with Gasteiger partial charge < -0.3 is 4.74 Å². The molecular weight excluding hydrogens is 380 g/mol. The molecule has 22 heavy (non-hydrogen) atoms. The summed E-state index contributed by atoms with van der Waals surface area (Å²) in [5.74, 6) is -2.32.